The molecule has 0 aromatic heterocycles. The number of carbonyl (C=O) groups is 1. The van der Waals surface area contributed by atoms with Crippen molar-refractivity contribution >= 4 is 27.5 Å². The fraction of sp³-hybridized carbons (Fsp3) is 0.350. The molecule has 25 heavy (non-hydrogen) atoms. The zero-order chi connectivity index (χ0) is 18.6. The SMILES string of the molecule is COc1ccc(C(C)NCC(=O)Nc2c(C)cc(C)cc2C)cc1Br. The van der Waals surface area contributed by atoms with E-state index >= 15 is 0 Å². The maximum absolute atomic E-state index is 12.3. The van der Waals surface area contributed by atoms with Crippen molar-refractivity contribution in [3.63, 3.8) is 0 Å². The van der Waals surface area contributed by atoms with Gasteiger partial charge in [0.15, 0.2) is 0 Å². The van der Waals surface area contributed by atoms with Crippen LogP contribution in [0.15, 0.2) is 34.8 Å². The van der Waals surface area contributed by atoms with Crippen molar-refractivity contribution in [2.45, 2.75) is 33.7 Å². The lowest BCUT2D eigenvalue weighted by molar-refractivity contribution is -0.115. The number of carbonyl (C=O) groups excluding carboxylic acids is 1. The van der Waals surface area contributed by atoms with Crippen LogP contribution < -0.4 is 15.4 Å². The smallest absolute Gasteiger partial charge is 0.238 e. The average Bonchev–Trinajstić information content (AvgIpc) is 2.55. The molecular weight excluding hydrogens is 380 g/mol. The molecule has 1 amide bonds. The summed E-state index contributed by atoms with van der Waals surface area (Å²) in [5, 5.41) is 6.27. The van der Waals surface area contributed by atoms with E-state index in [2.05, 4.69) is 45.6 Å². The molecule has 134 valence electrons. The standard InChI is InChI=1S/C20H25BrN2O2/c1-12-8-13(2)20(14(3)9-12)23-19(24)11-22-15(4)16-6-7-18(25-5)17(21)10-16/h6-10,15,22H,11H2,1-5H3,(H,23,24). The summed E-state index contributed by atoms with van der Waals surface area (Å²) in [6.07, 6.45) is 0. The van der Waals surface area contributed by atoms with E-state index in [0.717, 1.165) is 32.6 Å². The van der Waals surface area contributed by atoms with E-state index in [9.17, 15) is 4.79 Å². The van der Waals surface area contributed by atoms with E-state index in [0.29, 0.717) is 0 Å². The largest absolute Gasteiger partial charge is 0.496 e. The summed E-state index contributed by atoms with van der Waals surface area (Å²) in [5.74, 6) is 0.744. The Hall–Kier alpha value is -1.85. The second-order valence-electron chi connectivity index (χ2n) is 6.32. The summed E-state index contributed by atoms with van der Waals surface area (Å²) < 4.78 is 6.14. The van der Waals surface area contributed by atoms with Gasteiger partial charge in [0, 0.05) is 11.7 Å². The van der Waals surface area contributed by atoms with Crippen LogP contribution in [0.4, 0.5) is 5.69 Å². The number of anilines is 1. The lowest BCUT2D eigenvalue weighted by Crippen LogP contribution is -2.30. The number of ether oxygens (including phenoxy) is 1. The van der Waals surface area contributed by atoms with Gasteiger partial charge in [-0.25, -0.2) is 0 Å². The summed E-state index contributed by atoms with van der Waals surface area (Å²) in [4.78, 5) is 12.3. The highest BCUT2D eigenvalue weighted by atomic mass is 79.9. The van der Waals surface area contributed by atoms with Crippen molar-refractivity contribution in [1.29, 1.82) is 0 Å². The summed E-state index contributed by atoms with van der Waals surface area (Å²) in [5.41, 5.74) is 5.35. The molecule has 1 atom stereocenters. The molecule has 0 saturated carbocycles. The Bertz CT molecular complexity index is 751. The van der Waals surface area contributed by atoms with Gasteiger partial charge in [-0.2, -0.15) is 0 Å². The highest BCUT2D eigenvalue weighted by molar-refractivity contribution is 9.10. The second-order valence-corrected chi connectivity index (χ2v) is 7.17. The lowest BCUT2D eigenvalue weighted by atomic mass is 10.1. The Balaban J connectivity index is 1.97. The Morgan fingerprint density at radius 2 is 1.80 bits per heavy atom. The number of halogens is 1. The Labute approximate surface area is 158 Å². The van der Waals surface area contributed by atoms with E-state index in [4.69, 9.17) is 4.74 Å². The summed E-state index contributed by atoms with van der Waals surface area (Å²) in [7, 11) is 1.64. The first-order chi connectivity index (χ1) is 11.8. The minimum Gasteiger partial charge on any atom is -0.496 e. The molecule has 0 saturated heterocycles. The normalized spacial score (nSPS) is 11.9. The van der Waals surface area contributed by atoms with Gasteiger partial charge in [0.05, 0.1) is 18.1 Å². The predicted molar refractivity (Wildman–Crippen MR) is 106 cm³/mol. The summed E-state index contributed by atoms with van der Waals surface area (Å²) >= 11 is 3.49. The van der Waals surface area contributed by atoms with E-state index in [1.807, 2.05) is 39.0 Å². The van der Waals surface area contributed by atoms with E-state index in [-0.39, 0.29) is 18.5 Å². The molecule has 4 nitrogen and oxygen atoms in total. The van der Waals surface area contributed by atoms with Gasteiger partial charge in [-0.15, -0.1) is 0 Å². The van der Waals surface area contributed by atoms with Gasteiger partial charge in [-0.05, 0) is 72.4 Å². The number of aryl methyl sites for hydroxylation is 3. The number of nitrogens with one attached hydrogen (secondary N) is 2. The summed E-state index contributed by atoms with van der Waals surface area (Å²) in [6.45, 7) is 8.37. The molecule has 1 unspecified atom stereocenters. The minimum atomic E-state index is -0.0468. The molecular formula is C20H25BrN2O2. The quantitative estimate of drug-likeness (QED) is 0.734. The van der Waals surface area contributed by atoms with Crippen molar-refractivity contribution in [2.75, 3.05) is 19.0 Å². The third-order valence-corrected chi connectivity index (χ3v) is 4.81. The van der Waals surface area contributed by atoms with E-state index < -0.39 is 0 Å². The fourth-order valence-corrected chi connectivity index (χ4v) is 3.43. The van der Waals surface area contributed by atoms with Crippen molar-refractivity contribution in [3.05, 3.63) is 57.1 Å². The van der Waals surface area contributed by atoms with Crippen LogP contribution in [0, 0.1) is 20.8 Å². The number of hydrogen-bond acceptors (Lipinski definition) is 3. The zero-order valence-electron chi connectivity index (χ0n) is 15.4. The van der Waals surface area contributed by atoms with Crippen LogP contribution in [0.5, 0.6) is 5.75 Å². The molecule has 0 aliphatic heterocycles. The van der Waals surface area contributed by atoms with Gasteiger partial charge in [0.2, 0.25) is 5.91 Å². The third kappa shape index (κ3) is 5.06. The monoisotopic (exact) mass is 404 g/mol. The Morgan fingerprint density at radius 1 is 1.16 bits per heavy atom. The maximum atomic E-state index is 12.3. The van der Waals surface area contributed by atoms with Gasteiger partial charge in [-0.3, -0.25) is 4.79 Å². The molecule has 2 aromatic rings. The summed E-state index contributed by atoms with van der Waals surface area (Å²) in [6, 6.07) is 10.1. The lowest BCUT2D eigenvalue weighted by Gasteiger charge is -2.17. The molecule has 5 heteroatoms. The number of hydrogen-bond donors (Lipinski definition) is 2. The van der Waals surface area contributed by atoms with E-state index in [1.54, 1.807) is 7.11 Å². The van der Waals surface area contributed by atoms with Gasteiger partial charge >= 0.3 is 0 Å². The molecule has 0 radical (unpaired) electrons. The average molecular weight is 405 g/mol. The van der Waals surface area contributed by atoms with Crippen molar-refractivity contribution in [2.24, 2.45) is 0 Å². The van der Waals surface area contributed by atoms with Crippen molar-refractivity contribution < 1.29 is 9.53 Å². The van der Waals surface area contributed by atoms with Gasteiger partial charge in [0.25, 0.3) is 0 Å². The van der Waals surface area contributed by atoms with Gasteiger partial charge < -0.3 is 15.4 Å². The number of methoxy groups -OCH3 is 1. The van der Waals surface area contributed by atoms with Crippen molar-refractivity contribution in [3.8, 4) is 5.75 Å². The zero-order valence-corrected chi connectivity index (χ0v) is 17.0. The first kappa shape index (κ1) is 19.5. The third-order valence-electron chi connectivity index (χ3n) is 4.19. The molecule has 0 aliphatic carbocycles. The second kappa shape index (κ2) is 8.50. The van der Waals surface area contributed by atoms with Crippen LogP contribution in [0.2, 0.25) is 0 Å². The number of benzene rings is 2. The molecule has 0 spiro atoms. The molecule has 0 aliphatic rings. The maximum Gasteiger partial charge on any atom is 0.238 e. The van der Waals surface area contributed by atoms with E-state index in [1.165, 1.54) is 5.56 Å². The molecule has 0 fully saturated rings. The highest BCUT2D eigenvalue weighted by Gasteiger charge is 2.12. The van der Waals surface area contributed by atoms with Crippen molar-refractivity contribution in [1.82, 2.24) is 5.32 Å². The predicted octanol–water partition coefficient (Wildman–Crippen LogP) is 4.67. The Morgan fingerprint density at radius 3 is 2.36 bits per heavy atom. The molecule has 2 rings (SSSR count). The number of rotatable bonds is 6. The van der Waals surface area contributed by atoms with Crippen LogP contribution in [-0.2, 0) is 4.79 Å². The van der Waals surface area contributed by atoms with Gasteiger partial charge in [-0.1, -0.05) is 23.8 Å². The van der Waals surface area contributed by atoms with Crippen LogP contribution in [0.25, 0.3) is 0 Å². The van der Waals surface area contributed by atoms with Crippen LogP contribution >= 0.6 is 15.9 Å². The molecule has 2 aromatic carbocycles. The van der Waals surface area contributed by atoms with Crippen LogP contribution in [-0.4, -0.2) is 19.6 Å². The minimum absolute atomic E-state index is 0.0468. The topological polar surface area (TPSA) is 50.4 Å². The molecule has 0 heterocycles. The molecule has 2 N–H and O–H groups in total. The van der Waals surface area contributed by atoms with Crippen LogP contribution in [0.1, 0.15) is 35.2 Å². The number of amides is 1. The first-order valence-electron chi connectivity index (χ1n) is 8.26. The Kier molecular flexibility index (Phi) is 6.62. The first-order valence-corrected chi connectivity index (χ1v) is 9.05. The fourth-order valence-electron chi connectivity index (χ4n) is 2.88. The van der Waals surface area contributed by atoms with Gasteiger partial charge in [0.1, 0.15) is 5.75 Å². The van der Waals surface area contributed by atoms with Crippen LogP contribution in [0.3, 0.4) is 0 Å². The highest BCUT2D eigenvalue weighted by Crippen LogP contribution is 2.28. The molecule has 0 bridgehead atoms.